The van der Waals surface area contributed by atoms with E-state index in [-0.39, 0.29) is 5.56 Å². The Bertz CT molecular complexity index is 591. The van der Waals surface area contributed by atoms with Crippen molar-refractivity contribution < 1.29 is 13.5 Å². The molecule has 0 unspecified atom stereocenters. The lowest BCUT2D eigenvalue weighted by Gasteiger charge is -2.26. The largest absolute Gasteiger partial charge is 0.379 e. The summed E-state index contributed by atoms with van der Waals surface area (Å²) in [5, 5.41) is 7.39. The molecule has 1 aromatic carbocycles. The van der Waals surface area contributed by atoms with Crippen molar-refractivity contribution in [2.24, 2.45) is 5.10 Å². The zero-order chi connectivity index (χ0) is 17.4. The van der Waals surface area contributed by atoms with Crippen LogP contribution in [0.3, 0.4) is 0 Å². The van der Waals surface area contributed by atoms with E-state index in [1.807, 2.05) is 0 Å². The third-order valence-electron chi connectivity index (χ3n) is 3.68. The van der Waals surface area contributed by atoms with E-state index in [1.54, 1.807) is 6.92 Å². The first-order chi connectivity index (χ1) is 11.6. The molecule has 0 aliphatic carbocycles. The van der Waals surface area contributed by atoms with Crippen molar-refractivity contribution in [3.05, 3.63) is 35.4 Å². The van der Waals surface area contributed by atoms with E-state index in [2.05, 4.69) is 20.7 Å². The number of hydrazone groups is 1. The van der Waals surface area contributed by atoms with E-state index in [9.17, 15) is 8.78 Å². The fourth-order valence-electron chi connectivity index (χ4n) is 2.34. The molecule has 1 aliphatic rings. The van der Waals surface area contributed by atoms with Crippen molar-refractivity contribution >= 4 is 23.0 Å². The Balaban J connectivity index is 1.70. The van der Waals surface area contributed by atoms with Crippen molar-refractivity contribution in [2.45, 2.75) is 13.3 Å². The van der Waals surface area contributed by atoms with Gasteiger partial charge in [0.15, 0.2) is 5.11 Å². The Hall–Kier alpha value is -1.64. The van der Waals surface area contributed by atoms with E-state index in [0.717, 1.165) is 57.5 Å². The number of morpholine rings is 1. The summed E-state index contributed by atoms with van der Waals surface area (Å²) in [7, 11) is 0. The van der Waals surface area contributed by atoms with E-state index in [1.165, 1.54) is 0 Å². The number of rotatable bonds is 6. The molecule has 5 nitrogen and oxygen atoms in total. The van der Waals surface area contributed by atoms with Gasteiger partial charge in [0, 0.05) is 25.2 Å². The minimum absolute atomic E-state index is 0.109. The minimum Gasteiger partial charge on any atom is -0.379 e. The molecule has 0 saturated carbocycles. The van der Waals surface area contributed by atoms with Gasteiger partial charge in [0.25, 0.3) is 0 Å². The van der Waals surface area contributed by atoms with Gasteiger partial charge < -0.3 is 10.1 Å². The highest BCUT2D eigenvalue weighted by Crippen LogP contribution is 2.10. The molecule has 0 bridgehead atoms. The highest BCUT2D eigenvalue weighted by atomic mass is 32.1. The molecule has 24 heavy (non-hydrogen) atoms. The van der Waals surface area contributed by atoms with Gasteiger partial charge in [0.05, 0.1) is 18.9 Å². The fraction of sp³-hybridized carbons (Fsp3) is 0.500. The lowest BCUT2D eigenvalue weighted by atomic mass is 10.1. The molecule has 0 atom stereocenters. The monoisotopic (exact) mass is 356 g/mol. The molecular formula is C16H22F2N4OS. The van der Waals surface area contributed by atoms with Crippen molar-refractivity contribution in [1.82, 2.24) is 15.6 Å². The molecule has 1 saturated heterocycles. The Morgan fingerprint density at radius 2 is 2.08 bits per heavy atom. The number of nitrogens with zero attached hydrogens (tertiary/aromatic N) is 2. The predicted octanol–water partition coefficient (Wildman–Crippen LogP) is 1.88. The van der Waals surface area contributed by atoms with Gasteiger partial charge >= 0.3 is 0 Å². The number of benzene rings is 1. The molecule has 0 aromatic heterocycles. The van der Waals surface area contributed by atoms with E-state index >= 15 is 0 Å². The summed E-state index contributed by atoms with van der Waals surface area (Å²) in [5.41, 5.74) is 3.08. The molecule has 2 N–H and O–H groups in total. The summed E-state index contributed by atoms with van der Waals surface area (Å²) < 4.78 is 32.1. The Morgan fingerprint density at radius 1 is 1.33 bits per heavy atom. The smallest absolute Gasteiger partial charge is 0.186 e. The van der Waals surface area contributed by atoms with Gasteiger partial charge in [0.2, 0.25) is 0 Å². The van der Waals surface area contributed by atoms with Crippen LogP contribution in [0.25, 0.3) is 0 Å². The lowest BCUT2D eigenvalue weighted by Crippen LogP contribution is -2.39. The first kappa shape index (κ1) is 18.7. The molecule has 2 rings (SSSR count). The van der Waals surface area contributed by atoms with Crippen LogP contribution in [0.1, 0.15) is 18.9 Å². The van der Waals surface area contributed by atoms with Crippen LogP contribution in [0.15, 0.2) is 23.3 Å². The Morgan fingerprint density at radius 3 is 2.83 bits per heavy atom. The summed E-state index contributed by atoms with van der Waals surface area (Å²) in [5.74, 6) is -1.03. The van der Waals surface area contributed by atoms with Gasteiger partial charge in [-0.2, -0.15) is 5.10 Å². The average Bonchev–Trinajstić information content (AvgIpc) is 2.59. The molecule has 0 amide bonds. The van der Waals surface area contributed by atoms with Gasteiger partial charge in [0.1, 0.15) is 11.6 Å². The summed E-state index contributed by atoms with van der Waals surface area (Å²) in [6.45, 7) is 6.79. The van der Waals surface area contributed by atoms with Crippen LogP contribution in [0.4, 0.5) is 8.78 Å². The number of nitrogens with one attached hydrogen (secondary N) is 2. The molecule has 0 spiro atoms. The summed E-state index contributed by atoms with van der Waals surface area (Å²) in [6, 6.07) is 3.25. The second kappa shape index (κ2) is 9.61. The van der Waals surface area contributed by atoms with Crippen LogP contribution >= 0.6 is 12.2 Å². The predicted molar refractivity (Wildman–Crippen MR) is 94.2 cm³/mol. The molecule has 8 heteroatoms. The molecule has 1 aliphatic heterocycles. The minimum atomic E-state index is -0.524. The van der Waals surface area contributed by atoms with Crippen LogP contribution < -0.4 is 10.7 Å². The quantitative estimate of drug-likeness (QED) is 0.353. The van der Waals surface area contributed by atoms with Gasteiger partial charge in [-0.1, -0.05) is 0 Å². The number of hydrogen-bond donors (Lipinski definition) is 2. The van der Waals surface area contributed by atoms with Crippen molar-refractivity contribution in [1.29, 1.82) is 0 Å². The molecule has 1 aromatic rings. The van der Waals surface area contributed by atoms with Gasteiger partial charge in [-0.15, -0.1) is 0 Å². The van der Waals surface area contributed by atoms with Crippen molar-refractivity contribution in [3.63, 3.8) is 0 Å². The van der Waals surface area contributed by atoms with Crippen LogP contribution in [-0.2, 0) is 4.74 Å². The topological polar surface area (TPSA) is 48.9 Å². The van der Waals surface area contributed by atoms with Crippen LogP contribution in [0.2, 0.25) is 0 Å². The van der Waals surface area contributed by atoms with Crippen LogP contribution in [0.5, 0.6) is 0 Å². The summed E-state index contributed by atoms with van der Waals surface area (Å²) in [4.78, 5) is 2.34. The Kier molecular flexibility index (Phi) is 7.48. The van der Waals surface area contributed by atoms with Gasteiger partial charge in [-0.3, -0.25) is 10.3 Å². The van der Waals surface area contributed by atoms with E-state index in [0.29, 0.717) is 17.4 Å². The van der Waals surface area contributed by atoms with Crippen molar-refractivity contribution in [2.75, 3.05) is 39.4 Å². The summed E-state index contributed by atoms with van der Waals surface area (Å²) in [6.07, 6.45) is 0.947. The van der Waals surface area contributed by atoms with E-state index < -0.39 is 11.6 Å². The van der Waals surface area contributed by atoms with Gasteiger partial charge in [-0.25, -0.2) is 8.78 Å². The molecular weight excluding hydrogens is 334 g/mol. The normalized spacial score (nSPS) is 16.0. The standard InChI is InChI=1S/C16H22F2N4OS/c1-12(14-11-13(17)3-4-15(14)18)20-21-16(24)19-5-2-6-22-7-9-23-10-8-22/h3-4,11H,2,5-10H2,1H3,(H2,19,21,24)/b20-12-. The number of hydrogen-bond acceptors (Lipinski definition) is 4. The van der Waals surface area contributed by atoms with Crippen molar-refractivity contribution in [3.8, 4) is 0 Å². The number of thiocarbonyl (C=S) groups is 1. The van der Waals surface area contributed by atoms with E-state index in [4.69, 9.17) is 17.0 Å². The lowest BCUT2D eigenvalue weighted by molar-refractivity contribution is 0.0376. The zero-order valence-corrected chi connectivity index (χ0v) is 14.5. The molecule has 1 fully saturated rings. The first-order valence-electron chi connectivity index (χ1n) is 7.90. The first-order valence-corrected chi connectivity index (χ1v) is 8.31. The highest BCUT2D eigenvalue weighted by Gasteiger charge is 2.09. The third kappa shape index (κ3) is 6.10. The second-order valence-corrected chi connectivity index (χ2v) is 5.90. The third-order valence-corrected chi connectivity index (χ3v) is 3.92. The maximum absolute atomic E-state index is 13.6. The molecule has 132 valence electrons. The zero-order valence-electron chi connectivity index (χ0n) is 13.6. The fourth-order valence-corrected chi connectivity index (χ4v) is 2.49. The SMILES string of the molecule is C/C(=N/NC(=S)NCCCN1CCOCC1)c1cc(F)ccc1F. The summed E-state index contributed by atoms with van der Waals surface area (Å²) >= 11 is 5.12. The molecule has 0 radical (unpaired) electrons. The maximum Gasteiger partial charge on any atom is 0.186 e. The highest BCUT2D eigenvalue weighted by molar-refractivity contribution is 7.80. The van der Waals surface area contributed by atoms with Crippen LogP contribution in [0, 0.1) is 11.6 Å². The van der Waals surface area contributed by atoms with Crippen LogP contribution in [-0.4, -0.2) is 55.1 Å². The van der Waals surface area contributed by atoms with Gasteiger partial charge in [-0.05, 0) is 50.3 Å². The number of halogens is 2. The Labute approximate surface area is 146 Å². The maximum atomic E-state index is 13.6. The second-order valence-electron chi connectivity index (χ2n) is 5.50. The molecule has 1 heterocycles. The number of ether oxygens (including phenoxy) is 1. The average molecular weight is 356 g/mol.